The molecule has 3 N–H and O–H groups in total. The van der Waals surface area contributed by atoms with Crippen LogP contribution in [0.4, 0.5) is 5.69 Å². The molecule has 3 unspecified atom stereocenters. The van der Waals surface area contributed by atoms with Gasteiger partial charge in [-0.3, -0.25) is 4.79 Å². The zero-order chi connectivity index (χ0) is 12.7. The molecule has 3 atom stereocenters. The lowest BCUT2D eigenvalue weighted by Gasteiger charge is -2.23. The van der Waals surface area contributed by atoms with Crippen LogP contribution >= 0.6 is 0 Å². The molecule has 1 aromatic rings. The van der Waals surface area contributed by atoms with E-state index in [0.717, 1.165) is 29.8 Å². The van der Waals surface area contributed by atoms with Crippen molar-refractivity contribution in [1.29, 1.82) is 0 Å². The minimum absolute atomic E-state index is 0.0567. The molecule has 2 aliphatic rings. The van der Waals surface area contributed by atoms with E-state index in [-0.39, 0.29) is 18.1 Å². The molecule has 0 saturated carbocycles. The van der Waals surface area contributed by atoms with Crippen molar-refractivity contribution in [2.45, 2.75) is 31.9 Å². The molecular formula is C14H18N2O2. The minimum Gasteiger partial charge on any atom is -0.376 e. The molecule has 1 fully saturated rings. The summed E-state index contributed by atoms with van der Waals surface area (Å²) < 4.78 is 5.71. The summed E-state index contributed by atoms with van der Waals surface area (Å²) >= 11 is 0. The fraction of sp³-hybridized carbons (Fsp3) is 0.500. The first-order valence-corrected chi connectivity index (χ1v) is 6.45. The van der Waals surface area contributed by atoms with Crippen LogP contribution in [0, 0.1) is 5.92 Å². The van der Waals surface area contributed by atoms with Gasteiger partial charge in [-0.15, -0.1) is 0 Å². The topological polar surface area (TPSA) is 64.3 Å². The highest BCUT2D eigenvalue weighted by molar-refractivity contribution is 5.99. The van der Waals surface area contributed by atoms with E-state index in [2.05, 4.69) is 12.2 Å². The maximum Gasteiger partial charge on any atom is 0.228 e. The number of benzene rings is 1. The van der Waals surface area contributed by atoms with Crippen molar-refractivity contribution in [1.82, 2.24) is 0 Å². The molecule has 0 spiro atoms. The van der Waals surface area contributed by atoms with Gasteiger partial charge in [0.2, 0.25) is 5.91 Å². The van der Waals surface area contributed by atoms with Gasteiger partial charge in [0.05, 0.1) is 18.6 Å². The van der Waals surface area contributed by atoms with Gasteiger partial charge in [-0.2, -0.15) is 0 Å². The molecule has 1 saturated heterocycles. The van der Waals surface area contributed by atoms with Gasteiger partial charge in [-0.1, -0.05) is 19.1 Å². The SMILES string of the molecule is CC1CCOC1C(N)c1ccc2c(c1)CC(=O)N2. The van der Waals surface area contributed by atoms with E-state index in [1.165, 1.54) is 0 Å². The Kier molecular flexibility index (Phi) is 2.84. The van der Waals surface area contributed by atoms with Gasteiger partial charge in [-0.05, 0) is 29.5 Å². The summed E-state index contributed by atoms with van der Waals surface area (Å²) in [5, 5.41) is 2.83. The molecule has 2 heterocycles. The van der Waals surface area contributed by atoms with E-state index in [1.807, 2.05) is 18.2 Å². The van der Waals surface area contributed by atoms with Gasteiger partial charge in [0.15, 0.2) is 0 Å². The molecular weight excluding hydrogens is 228 g/mol. The summed E-state index contributed by atoms with van der Waals surface area (Å²) in [5.41, 5.74) is 9.30. The number of hydrogen-bond acceptors (Lipinski definition) is 3. The highest BCUT2D eigenvalue weighted by atomic mass is 16.5. The van der Waals surface area contributed by atoms with Crippen molar-refractivity contribution in [2.24, 2.45) is 11.7 Å². The first-order valence-electron chi connectivity index (χ1n) is 6.45. The van der Waals surface area contributed by atoms with Crippen molar-refractivity contribution >= 4 is 11.6 Å². The summed E-state index contributed by atoms with van der Waals surface area (Å²) in [7, 11) is 0. The number of nitrogens with two attached hydrogens (primary N) is 1. The van der Waals surface area contributed by atoms with Crippen LogP contribution in [-0.4, -0.2) is 18.6 Å². The number of fused-ring (bicyclic) bond motifs is 1. The normalized spacial score (nSPS) is 28.0. The largest absolute Gasteiger partial charge is 0.376 e. The number of carbonyl (C=O) groups is 1. The van der Waals surface area contributed by atoms with Crippen LogP contribution in [0.25, 0.3) is 0 Å². The number of carbonyl (C=O) groups excluding carboxylic acids is 1. The second-order valence-electron chi connectivity index (χ2n) is 5.27. The summed E-state index contributed by atoms with van der Waals surface area (Å²) in [5.74, 6) is 0.550. The average molecular weight is 246 g/mol. The standard InChI is InChI=1S/C14H18N2O2/c1-8-4-5-18-14(8)13(15)9-2-3-11-10(6-9)7-12(17)16-11/h2-3,6,8,13-14H,4-5,7,15H2,1H3,(H,16,17). The molecule has 18 heavy (non-hydrogen) atoms. The van der Waals surface area contributed by atoms with Crippen LogP contribution < -0.4 is 11.1 Å². The third-order valence-corrected chi connectivity index (χ3v) is 3.94. The third-order valence-electron chi connectivity index (χ3n) is 3.94. The Hall–Kier alpha value is -1.39. The van der Waals surface area contributed by atoms with Crippen LogP contribution in [0.5, 0.6) is 0 Å². The fourth-order valence-corrected chi connectivity index (χ4v) is 2.82. The van der Waals surface area contributed by atoms with Crippen molar-refractivity contribution in [3.05, 3.63) is 29.3 Å². The number of ether oxygens (including phenoxy) is 1. The van der Waals surface area contributed by atoms with Crippen LogP contribution in [0.2, 0.25) is 0 Å². The monoisotopic (exact) mass is 246 g/mol. The molecule has 1 aromatic carbocycles. The van der Waals surface area contributed by atoms with E-state index in [9.17, 15) is 4.79 Å². The molecule has 3 rings (SSSR count). The number of hydrogen-bond donors (Lipinski definition) is 2. The van der Waals surface area contributed by atoms with E-state index in [4.69, 9.17) is 10.5 Å². The molecule has 0 bridgehead atoms. The van der Waals surface area contributed by atoms with Crippen LogP contribution in [-0.2, 0) is 16.0 Å². The summed E-state index contributed by atoms with van der Waals surface area (Å²) in [6.07, 6.45) is 1.62. The Morgan fingerprint density at radius 2 is 2.33 bits per heavy atom. The van der Waals surface area contributed by atoms with Crippen molar-refractivity contribution in [3.63, 3.8) is 0 Å². The molecule has 4 nitrogen and oxygen atoms in total. The van der Waals surface area contributed by atoms with Gasteiger partial charge in [-0.25, -0.2) is 0 Å². The Balaban J connectivity index is 1.85. The lowest BCUT2D eigenvalue weighted by molar-refractivity contribution is -0.115. The predicted molar refractivity (Wildman–Crippen MR) is 69.2 cm³/mol. The van der Waals surface area contributed by atoms with Crippen molar-refractivity contribution in [2.75, 3.05) is 11.9 Å². The summed E-state index contributed by atoms with van der Waals surface area (Å²) in [6, 6.07) is 5.86. The lowest BCUT2D eigenvalue weighted by Crippen LogP contribution is -2.29. The Morgan fingerprint density at radius 1 is 1.50 bits per heavy atom. The lowest BCUT2D eigenvalue weighted by atomic mass is 9.92. The number of amides is 1. The summed E-state index contributed by atoms with van der Waals surface area (Å²) in [4.78, 5) is 11.3. The van der Waals surface area contributed by atoms with Gasteiger partial charge >= 0.3 is 0 Å². The van der Waals surface area contributed by atoms with Gasteiger partial charge in [0, 0.05) is 12.3 Å². The Bertz CT molecular complexity index is 487. The molecule has 96 valence electrons. The van der Waals surface area contributed by atoms with Crippen LogP contribution in [0.1, 0.15) is 30.5 Å². The fourth-order valence-electron chi connectivity index (χ4n) is 2.82. The summed E-state index contributed by atoms with van der Waals surface area (Å²) in [6.45, 7) is 2.97. The van der Waals surface area contributed by atoms with Crippen molar-refractivity contribution in [3.8, 4) is 0 Å². The number of nitrogens with one attached hydrogen (secondary N) is 1. The smallest absolute Gasteiger partial charge is 0.228 e. The van der Waals surface area contributed by atoms with Crippen molar-refractivity contribution < 1.29 is 9.53 Å². The third kappa shape index (κ3) is 1.91. The average Bonchev–Trinajstić information content (AvgIpc) is 2.91. The highest BCUT2D eigenvalue weighted by Gasteiger charge is 2.31. The zero-order valence-electron chi connectivity index (χ0n) is 10.5. The van der Waals surface area contributed by atoms with Crippen LogP contribution in [0.3, 0.4) is 0 Å². The van der Waals surface area contributed by atoms with E-state index < -0.39 is 0 Å². The maximum absolute atomic E-state index is 11.3. The second kappa shape index (κ2) is 4.37. The van der Waals surface area contributed by atoms with E-state index in [0.29, 0.717) is 12.3 Å². The molecule has 0 radical (unpaired) electrons. The minimum atomic E-state index is -0.108. The number of rotatable bonds is 2. The molecule has 0 aliphatic carbocycles. The molecule has 1 amide bonds. The number of anilines is 1. The van der Waals surface area contributed by atoms with Crippen LogP contribution in [0.15, 0.2) is 18.2 Å². The molecule has 2 aliphatic heterocycles. The molecule has 4 heteroatoms. The molecule has 0 aromatic heterocycles. The van der Waals surface area contributed by atoms with E-state index in [1.54, 1.807) is 0 Å². The Labute approximate surface area is 107 Å². The van der Waals surface area contributed by atoms with E-state index >= 15 is 0 Å². The predicted octanol–water partition coefficient (Wildman–Crippen LogP) is 1.61. The maximum atomic E-state index is 11.3. The van der Waals surface area contributed by atoms with Gasteiger partial charge in [0.1, 0.15) is 0 Å². The van der Waals surface area contributed by atoms with Gasteiger partial charge in [0.25, 0.3) is 0 Å². The quantitative estimate of drug-likeness (QED) is 0.833. The first-order chi connectivity index (χ1) is 8.65. The second-order valence-corrected chi connectivity index (χ2v) is 5.27. The first kappa shape index (κ1) is 11.7. The van der Waals surface area contributed by atoms with Gasteiger partial charge < -0.3 is 15.8 Å². The Morgan fingerprint density at radius 3 is 3.06 bits per heavy atom. The zero-order valence-corrected chi connectivity index (χ0v) is 10.5. The highest BCUT2D eigenvalue weighted by Crippen LogP contribution is 2.32.